The molecule has 0 bridgehead atoms. The number of alkyl halides is 2. The van der Waals surface area contributed by atoms with E-state index in [1.54, 1.807) is 0 Å². The van der Waals surface area contributed by atoms with Crippen LogP contribution in [-0.4, -0.2) is 10.2 Å². The topological polar surface area (TPSA) is 0 Å². The summed E-state index contributed by atoms with van der Waals surface area (Å²) >= 11 is 7.19. The number of rotatable bonds is 6. The third-order valence-corrected chi connectivity index (χ3v) is 5.42. The van der Waals surface area contributed by atoms with Gasteiger partial charge in [0.15, 0.2) is 0 Å². The van der Waals surface area contributed by atoms with Gasteiger partial charge in [-0.05, 0) is 30.2 Å². The molecule has 2 unspecified atom stereocenters. The van der Waals surface area contributed by atoms with Gasteiger partial charge in [-0.1, -0.05) is 76.0 Å². The molecule has 0 saturated heterocycles. The summed E-state index contributed by atoms with van der Waals surface area (Å²) in [7, 11) is 0. The molecule has 90 valence electrons. The maximum Gasteiger partial charge on any atom is 0.0243 e. The van der Waals surface area contributed by atoms with Gasteiger partial charge in [0.05, 0.1) is 0 Å². The van der Waals surface area contributed by atoms with Gasteiger partial charge in [-0.2, -0.15) is 0 Å². The molecule has 1 aromatic rings. The van der Waals surface area contributed by atoms with Crippen LogP contribution in [0.1, 0.15) is 38.2 Å². The maximum absolute atomic E-state index is 3.68. The van der Waals surface area contributed by atoms with E-state index in [-0.39, 0.29) is 0 Å². The molecule has 0 N–H and O–H groups in total. The predicted molar refractivity (Wildman–Crippen MR) is 79.8 cm³/mol. The Morgan fingerprint density at radius 1 is 1.06 bits per heavy atom. The van der Waals surface area contributed by atoms with Gasteiger partial charge >= 0.3 is 0 Å². The highest BCUT2D eigenvalue weighted by Gasteiger charge is 2.16. The van der Waals surface area contributed by atoms with Gasteiger partial charge in [0.2, 0.25) is 0 Å². The van der Waals surface area contributed by atoms with Crippen molar-refractivity contribution in [3.63, 3.8) is 0 Å². The Bertz CT molecular complexity index is 282. The van der Waals surface area contributed by atoms with E-state index < -0.39 is 0 Å². The SMILES string of the molecule is CC(C)C(CCC(Br)CBr)c1ccccc1. The minimum Gasteiger partial charge on any atom is -0.0916 e. The molecule has 0 amide bonds. The zero-order chi connectivity index (χ0) is 12.0. The Morgan fingerprint density at radius 3 is 2.19 bits per heavy atom. The van der Waals surface area contributed by atoms with Gasteiger partial charge < -0.3 is 0 Å². The first-order chi connectivity index (χ1) is 7.65. The van der Waals surface area contributed by atoms with E-state index in [9.17, 15) is 0 Å². The molecule has 2 atom stereocenters. The largest absolute Gasteiger partial charge is 0.0916 e. The number of hydrogen-bond donors (Lipinski definition) is 0. The van der Waals surface area contributed by atoms with E-state index in [2.05, 4.69) is 76.0 Å². The highest BCUT2D eigenvalue weighted by atomic mass is 79.9. The van der Waals surface area contributed by atoms with Crippen LogP contribution >= 0.6 is 31.9 Å². The average molecular weight is 348 g/mol. The molecule has 0 spiro atoms. The van der Waals surface area contributed by atoms with E-state index in [1.165, 1.54) is 18.4 Å². The lowest BCUT2D eigenvalue weighted by atomic mass is 9.84. The van der Waals surface area contributed by atoms with Crippen LogP contribution in [0.25, 0.3) is 0 Å². The van der Waals surface area contributed by atoms with E-state index in [1.807, 2.05) is 0 Å². The minimum absolute atomic E-state index is 0.595. The summed E-state index contributed by atoms with van der Waals surface area (Å²) in [6, 6.07) is 10.9. The Kier molecular flexibility index (Phi) is 6.67. The van der Waals surface area contributed by atoms with E-state index in [0.717, 1.165) is 5.33 Å². The van der Waals surface area contributed by atoms with Crippen molar-refractivity contribution < 1.29 is 0 Å². The van der Waals surface area contributed by atoms with Crippen molar-refractivity contribution in [3.05, 3.63) is 35.9 Å². The zero-order valence-electron chi connectivity index (χ0n) is 10.00. The van der Waals surface area contributed by atoms with Crippen LogP contribution in [-0.2, 0) is 0 Å². The Labute approximate surface area is 116 Å². The van der Waals surface area contributed by atoms with Crippen LogP contribution in [0.15, 0.2) is 30.3 Å². The monoisotopic (exact) mass is 346 g/mol. The van der Waals surface area contributed by atoms with E-state index in [0.29, 0.717) is 16.7 Å². The molecule has 0 aromatic heterocycles. The van der Waals surface area contributed by atoms with Crippen molar-refractivity contribution in [3.8, 4) is 0 Å². The number of halogens is 2. The van der Waals surface area contributed by atoms with Crippen molar-refractivity contribution in [2.24, 2.45) is 5.92 Å². The van der Waals surface area contributed by atoms with E-state index >= 15 is 0 Å². The number of hydrogen-bond acceptors (Lipinski definition) is 0. The van der Waals surface area contributed by atoms with Crippen LogP contribution in [0.5, 0.6) is 0 Å². The molecule has 0 fully saturated rings. The fourth-order valence-corrected chi connectivity index (χ4v) is 2.61. The van der Waals surface area contributed by atoms with Crippen LogP contribution in [0.2, 0.25) is 0 Å². The second-order valence-electron chi connectivity index (χ2n) is 4.59. The van der Waals surface area contributed by atoms with Crippen molar-refractivity contribution in [2.45, 2.75) is 37.4 Å². The molecule has 0 aliphatic rings. The molecule has 1 rings (SSSR count). The van der Waals surface area contributed by atoms with E-state index in [4.69, 9.17) is 0 Å². The van der Waals surface area contributed by atoms with Crippen molar-refractivity contribution >= 4 is 31.9 Å². The third-order valence-electron chi connectivity index (χ3n) is 2.99. The smallest absolute Gasteiger partial charge is 0.0243 e. The first-order valence-electron chi connectivity index (χ1n) is 5.90. The molecule has 0 radical (unpaired) electrons. The summed E-state index contributed by atoms with van der Waals surface area (Å²) in [5.41, 5.74) is 1.48. The van der Waals surface area contributed by atoms with Gasteiger partial charge in [-0.15, -0.1) is 0 Å². The lowest BCUT2D eigenvalue weighted by Gasteiger charge is -2.22. The third kappa shape index (κ3) is 4.58. The second-order valence-corrected chi connectivity index (χ2v) is 6.53. The summed E-state index contributed by atoms with van der Waals surface area (Å²) in [6.07, 6.45) is 2.48. The molecular weight excluding hydrogens is 328 g/mol. The fraction of sp³-hybridized carbons (Fsp3) is 0.571. The molecule has 0 aliphatic carbocycles. The summed E-state index contributed by atoms with van der Waals surface area (Å²) in [5, 5.41) is 1.03. The lowest BCUT2D eigenvalue weighted by molar-refractivity contribution is 0.457. The molecule has 0 nitrogen and oxygen atoms in total. The standard InChI is InChI=1S/C14H20Br2/c1-11(2)14(9-8-13(16)10-15)12-6-4-3-5-7-12/h3-7,11,13-14H,8-10H2,1-2H3. The summed E-state index contributed by atoms with van der Waals surface area (Å²) in [4.78, 5) is 0.595. The summed E-state index contributed by atoms with van der Waals surface area (Å²) in [5.74, 6) is 1.39. The summed E-state index contributed by atoms with van der Waals surface area (Å²) < 4.78 is 0. The van der Waals surface area contributed by atoms with Crippen LogP contribution in [0.4, 0.5) is 0 Å². The maximum atomic E-state index is 3.68. The molecule has 16 heavy (non-hydrogen) atoms. The highest BCUT2D eigenvalue weighted by molar-refractivity contribution is 9.12. The molecule has 0 heterocycles. The molecule has 0 saturated carbocycles. The first-order valence-corrected chi connectivity index (χ1v) is 7.93. The first kappa shape index (κ1) is 14.2. The second kappa shape index (κ2) is 7.50. The predicted octanol–water partition coefficient (Wildman–Crippen LogP) is 5.36. The lowest BCUT2D eigenvalue weighted by Crippen LogP contribution is -2.10. The Morgan fingerprint density at radius 2 is 1.69 bits per heavy atom. The highest BCUT2D eigenvalue weighted by Crippen LogP contribution is 2.30. The molecule has 1 aromatic carbocycles. The van der Waals surface area contributed by atoms with Crippen LogP contribution in [0, 0.1) is 5.92 Å². The number of benzene rings is 1. The van der Waals surface area contributed by atoms with Gasteiger partial charge in [-0.25, -0.2) is 0 Å². The van der Waals surface area contributed by atoms with Crippen molar-refractivity contribution in [1.82, 2.24) is 0 Å². The normalized spacial score (nSPS) is 15.1. The Balaban J connectivity index is 2.62. The zero-order valence-corrected chi connectivity index (χ0v) is 13.2. The minimum atomic E-state index is 0.595. The van der Waals surface area contributed by atoms with Gasteiger partial charge in [0, 0.05) is 10.2 Å². The van der Waals surface area contributed by atoms with Crippen LogP contribution < -0.4 is 0 Å². The molecular formula is C14H20Br2. The summed E-state index contributed by atoms with van der Waals surface area (Å²) in [6.45, 7) is 4.63. The van der Waals surface area contributed by atoms with Crippen LogP contribution in [0.3, 0.4) is 0 Å². The molecule has 2 heteroatoms. The Hall–Kier alpha value is 0.180. The van der Waals surface area contributed by atoms with Crippen molar-refractivity contribution in [1.29, 1.82) is 0 Å². The van der Waals surface area contributed by atoms with Gasteiger partial charge in [-0.3, -0.25) is 0 Å². The molecule has 0 aliphatic heterocycles. The fourth-order valence-electron chi connectivity index (χ4n) is 2.02. The quantitative estimate of drug-likeness (QED) is 0.607. The van der Waals surface area contributed by atoms with Gasteiger partial charge in [0.25, 0.3) is 0 Å². The van der Waals surface area contributed by atoms with Gasteiger partial charge in [0.1, 0.15) is 0 Å². The van der Waals surface area contributed by atoms with Crippen molar-refractivity contribution in [2.75, 3.05) is 5.33 Å². The average Bonchev–Trinajstić information content (AvgIpc) is 2.30.